The average Bonchev–Trinajstić information content (AvgIpc) is 3.09. The smallest absolute Gasteiger partial charge is 0.228 e. The molecule has 124 valence electrons. The van der Waals surface area contributed by atoms with Gasteiger partial charge in [0.1, 0.15) is 11.6 Å². The molecule has 0 bridgehead atoms. The molecule has 1 aromatic heterocycles. The molecule has 3 aromatic rings. The van der Waals surface area contributed by atoms with Crippen LogP contribution < -0.4 is 4.74 Å². The number of likely N-dealkylation sites (tertiary alicyclic amines) is 1. The van der Waals surface area contributed by atoms with E-state index < -0.39 is 0 Å². The lowest BCUT2D eigenvalue weighted by Gasteiger charge is -2.13. The monoisotopic (exact) mass is 331 g/mol. The summed E-state index contributed by atoms with van der Waals surface area (Å²) < 4.78 is 7.61. The highest BCUT2D eigenvalue weighted by Crippen LogP contribution is 2.42. The number of fused-ring (bicyclic) bond motifs is 7. The van der Waals surface area contributed by atoms with Gasteiger partial charge in [-0.05, 0) is 36.4 Å². The molecule has 2 aliphatic heterocycles. The first kappa shape index (κ1) is 14.3. The molecule has 1 unspecified atom stereocenters. The molecular formula is C20H17N3O2. The van der Waals surface area contributed by atoms with Gasteiger partial charge in [0.15, 0.2) is 0 Å². The van der Waals surface area contributed by atoms with Crippen molar-refractivity contribution >= 4 is 28.3 Å². The van der Waals surface area contributed by atoms with Crippen molar-refractivity contribution < 1.29 is 9.53 Å². The minimum atomic E-state index is -0.0247. The van der Waals surface area contributed by atoms with Gasteiger partial charge in [0, 0.05) is 24.5 Å². The lowest BCUT2D eigenvalue weighted by atomic mass is 10.0. The Morgan fingerprint density at radius 2 is 2.00 bits per heavy atom. The van der Waals surface area contributed by atoms with Crippen LogP contribution in [0.5, 0.6) is 5.75 Å². The summed E-state index contributed by atoms with van der Waals surface area (Å²) in [5, 5.41) is 1.10. The van der Waals surface area contributed by atoms with Crippen LogP contribution in [0.4, 0.5) is 5.69 Å². The standard InChI is InChI=1S/C20H17N3O2/c1-22-19(24)11-14-18-10-12-9-13(25-2)7-8-16(12)23(18)17-6-4-3-5-15(17)21-20(14)22/h3-10,14H,11H2,1-2H3. The first-order valence-electron chi connectivity index (χ1n) is 8.31. The lowest BCUT2D eigenvalue weighted by Crippen LogP contribution is -2.25. The highest BCUT2D eigenvalue weighted by Gasteiger charge is 2.39. The summed E-state index contributed by atoms with van der Waals surface area (Å²) in [4.78, 5) is 18.8. The first-order valence-corrected chi connectivity index (χ1v) is 8.31. The molecule has 0 saturated carbocycles. The molecule has 1 saturated heterocycles. The Labute approximate surface area is 145 Å². The summed E-state index contributed by atoms with van der Waals surface area (Å²) in [7, 11) is 3.48. The summed E-state index contributed by atoms with van der Waals surface area (Å²) in [6.45, 7) is 0. The second kappa shape index (κ2) is 4.96. The minimum Gasteiger partial charge on any atom is -0.497 e. The van der Waals surface area contributed by atoms with Gasteiger partial charge < -0.3 is 14.2 Å². The van der Waals surface area contributed by atoms with Crippen molar-refractivity contribution in [2.45, 2.75) is 12.3 Å². The number of methoxy groups -OCH3 is 1. The fraction of sp³-hybridized carbons (Fsp3) is 0.200. The first-order chi connectivity index (χ1) is 12.2. The third-order valence-corrected chi connectivity index (χ3v) is 5.16. The Hall–Kier alpha value is -3.08. The van der Waals surface area contributed by atoms with E-state index in [0.717, 1.165) is 39.6 Å². The molecular weight excluding hydrogens is 314 g/mol. The molecule has 25 heavy (non-hydrogen) atoms. The third-order valence-electron chi connectivity index (χ3n) is 5.16. The van der Waals surface area contributed by atoms with Gasteiger partial charge in [0.05, 0.1) is 29.9 Å². The van der Waals surface area contributed by atoms with Crippen molar-refractivity contribution in [1.82, 2.24) is 9.47 Å². The van der Waals surface area contributed by atoms with E-state index in [0.29, 0.717) is 6.42 Å². The minimum absolute atomic E-state index is 0.0247. The number of aromatic nitrogens is 1. The number of hydrogen-bond donors (Lipinski definition) is 0. The Balaban J connectivity index is 1.88. The van der Waals surface area contributed by atoms with Crippen LogP contribution in [0.15, 0.2) is 53.5 Å². The van der Waals surface area contributed by atoms with E-state index >= 15 is 0 Å². The number of amidine groups is 1. The number of nitrogens with zero attached hydrogens (tertiary/aromatic N) is 3. The topological polar surface area (TPSA) is 46.8 Å². The lowest BCUT2D eigenvalue weighted by molar-refractivity contribution is -0.124. The number of carbonyl (C=O) groups is 1. The van der Waals surface area contributed by atoms with Crippen LogP contribution in [-0.2, 0) is 4.79 Å². The number of para-hydroxylation sites is 2. The summed E-state index contributed by atoms with van der Waals surface area (Å²) in [6.07, 6.45) is 0.455. The number of aliphatic imine (C=N–C) groups is 1. The number of amides is 1. The zero-order valence-electron chi connectivity index (χ0n) is 14.1. The van der Waals surface area contributed by atoms with Crippen molar-refractivity contribution in [2.24, 2.45) is 4.99 Å². The van der Waals surface area contributed by atoms with Crippen molar-refractivity contribution in [3.63, 3.8) is 0 Å². The Kier molecular flexibility index (Phi) is 2.83. The van der Waals surface area contributed by atoms with E-state index in [-0.39, 0.29) is 11.8 Å². The van der Waals surface area contributed by atoms with Crippen molar-refractivity contribution in [3.05, 3.63) is 54.2 Å². The van der Waals surface area contributed by atoms with Gasteiger partial charge in [-0.25, -0.2) is 4.99 Å². The maximum Gasteiger partial charge on any atom is 0.228 e. The predicted octanol–water partition coefficient (Wildman–Crippen LogP) is 3.63. The van der Waals surface area contributed by atoms with E-state index in [1.54, 1.807) is 12.0 Å². The maximum atomic E-state index is 12.3. The average molecular weight is 331 g/mol. The van der Waals surface area contributed by atoms with Crippen LogP contribution in [0, 0.1) is 0 Å². The zero-order chi connectivity index (χ0) is 17.1. The van der Waals surface area contributed by atoms with Gasteiger partial charge in [-0.3, -0.25) is 4.79 Å². The van der Waals surface area contributed by atoms with E-state index in [2.05, 4.69) is 22.8 Å². The number of rotatable bonds is 1. The van der Waals surface area contributed by atoms with Gasteiger partial charge in [0.25, 0.3) is 0 Å². The molecule has 0 radical (unpaired) electrons. The maximum absolute atomic E-state index is 12.3. The summed E-state index contributed by atoms with van der Waals surface area (Å²) in [6, 6.07) is 16.3. The molecule has 5 heteroatoms. The highest BCUT2D eigenvalue weighted by atomic mass is 16.5. The second-order valence-electron chi connectivity index (χ2n) is 6.50. The highest BCUT2D eigenvalue weighted by molar-refractivity contribution is 6.10. The van der Waals surface area contributed by atoms with E-state index in [4.69, 9.17) is 9.73 Å². The quantitative estimate of drug-likeness (QED) is 0.683. The Morgan fingerprint density at radius 3 is 2.84 bits per heavy atom. The Morgan fingerprint density at radius 1 is 1.16 bits per heavy atom. The summed E-state index contributed by atoms with van der Waals surface area (Å²) in [5.74, 6) is 1.74. The third kappa shape index (κ3) is 1.89. The number of likely N-dealkylation sites (N-methyl/N-ethyl adjacent to an activating group) is 1. The molecule has 0 N–H and O–H groups in total. The van der Waals surface area contributed by atoms with Gasteiger partial charge >= 0.3 is 0 Å². The molecule has 5 nitrogen and oxygen atoms in total. The SMILES string of the molecule is COc1ccc2c(c1)cc1n2-c2ccccc2N=C2C1CC(=O)N2C. The van der Waals surface area contributed by atoms with E-state index in [9.17, 15) is 4.79 Å². The Bertz CT molecular complexity index is 1060. The normalized spacial score (nSPS) is 18.5. The predicted molar refractivity (Wildman–Crippen MR) is 97.1 cm³/mol. The molecule has 2 aromatic carbocycles. The van der Waals surface area contributed by atoms with Crippen LogP contribution in [0.1, 0.15) is 18.0 Å². The van der Waals surface area contributed by atoms with Gasteiger partial charge in [0.2, 0.25) is 5.91 Å². The van der Waals surface area contributed by atoms with Crippen LogP contribution in [0.2, 0.25) is 0 Å². The van der Waals surface area contributed by atoms with Crippen LogP contribution in [0.25, 0.3) is 16.6 Å². The molecule has 1 fully saturated rings. The van der Waals surface area contributed by atoms with Crippen molar-refractivity contribution in [3.8, 4) is 11.4 Å². The van der Waals surface area contributed by atoms with Gasteiger partial charge in [-0.1, -0.05) is 12.1 Å². The molecule has 0 spiro atoms. The largest absolute Gasteiger partial charge is 0.497 e. The van der Waals surface area contributed by atoms with Crippen molar-refractivity contribution in [1.29, 1.82) is 0 Å². The van der Waals surface area contributed by atoms with E-state index in [1.807, 2.05) is 37.4 Å². The zero-order valence-corrected chi connectivity index (χ0v) is 14.1. The van der Waals surface area contributed by atoms with Crippen LogP contribution >= 0.6 is 0 Å². The number of hydrogen-bond acceptors (Lipinski definition) is 3. The number of benzene rings is 2. The van der Waals surface area contributed by atoms with Crippen molar-refractivity contribution in [2.75, 3.05) is 14.2 Å². The fourth-order valence-electron chi connectivity index (χ4n) is 3.89. The number of carbonyl (C=O) groups excluding carboxylic acids is 1. The number of ether oxygens (including phenoxy) is 1. The molecule has 2 aliphatic rings. The summed E-state index contributed by atoms with van der Waals surface area (Å²) >= 11 is 0. The van der Waals surface area contributed by atoms with Gasteiger partial charge in [-0.15, -0.1) is 0 Å². The van der Waals surface area contributed by atoms with Crippen LogP contribution in [0.3, 0.4) is 0 Å². The van der Waals surface area contributed by atoms with Gasteiger partial charge in [-0.2, -0.15) is 0 Å². The van der Waals surface area contributed by atoms with E-state index in [1.165, 1.54) is 0 Å². The fourth-order valence-corrected chi connectivity index (χ4v) is 3.89. The summed E-state index contributed by atoms with van der Waals surface area (Å²) in [5.41, 5.74) is 4.13. The molecule has 1 amide bonds. The molecule has 0 aliphatic carbocycles. The molecule has 1 atom stereocenters. The molecule has 5 rings (SSSR count). The van der Waals surface area contributed by atoms with Crippen LogP contribution in [-0.4, -0.2) is 35.4 Å². The second-order valence-corrected chi connectivity index (χ2v) is 6.50. The molecule has 3 heterocycles.